The minimum absolute atomic E-state index is 0.0123. The average Bonchev–Trinajstić information content (AvgIpc) is 2.92. The number of rotatable bonds is 5. The van der Waals surface area contributed by atoms with Crippen LogP contribution in [0.5, 0.6) is 0 Å². The number of nitrogens with one attached hydrogen (secondary N) is 1. The molecule has 2 heterocycles. The van der Waals surface area contributed by atoms with E-state index < -0.39 is 60.6 Å². The van der Waals surface area contributed by atoms with Crippen LogP contribution in [0.25, 0.3) is 0 Å². The maximum absolute atomic E-state index is 13.5. The molecule has 1 fully saturated rings. The third-order valence-corrected chi connectivity index (χ3v) is 4.30. The van der Waals surface area contributed by atoms with Crippen LogP contribution in [0.1, 0.15) is 41.9 Å². The number of aromatic nitrogens is 1. The summed E-state index contributed by atoms with van der Waals surface area (Å²) in [4.78, 5) is 28.8. The molecule has 0 spiro atoms. The molecule has 2 rings (SSSR count). The molecular formula is C18H19F5N4O2. The predicted molar refractivity (Wildman–Crippen MR) is 90.8 cm³/mol. The predicted octanol–water partition coefficient (Wildman–Crippen LogP) is 2.79. The molecule has 11 heteroatoms. The van der Waals surface area contributed by atoms with Crippen molar-refractivity contribution in [2.45, 2.75) is 44.8 Å². The number of hydrogen-bond donors (Lipinski definition) is 1. The Bertz CT molecular complexity index is 833. The zero-order valence-electron chi connectivity index (χ0n) is 15.7. The van der Waals surface area contributed by atoms with Gasteiger partial charge in [-0.3, -0.25) is 14.6 Å². The van der Waals surface area contributed by atoms with Crippen LogP contribution in [0.3, 0.4) is 0 Å². The quantitative estimate of drug-likeness (QED) is 0.746. The number of carbonyl (C=O) groups excluding carboxylic acids is 2. The second-order valence-corrected chi connectivity index (χ2v) is 7.19. The van der Waals surface area contributed by atoms with E-state index in [1.54, 1.807) is 19.9 Å². The summed E-state index contributed by atoms with van der Waals surface area (Å²) in [7, 11) is 0. The van der Waals surface area contributed by atoms with Gasteiger partial charge in [-0.1, -0.05) is 13.8 Å². The molecule has 0 unspecified atom stereocenters. The fourth-order valence-electron chi connectivity index (χ4n) is 3.10. The Morgan fingerprint density at radius 3 is 2.62 bits per heavy atom. The summed E-state index contributed by atoms with van der Waals surface area (Å²) >= 11 is 0. The van der Waals surface area contributed by atoms with E-state index in [-0.39, 0.29) is 18.0 Å². The molecule has 0 aliphatic carbocycles. The molecule has 2 amide bonds. The van der Waals surface area contributed by atoms with Gasteiger partial charge in [-0.15, -0.1) is 0 Å². The van der Waals surface area contributed by atoms with Crippen molar-refractivity contribution in [2.75, 3.05) is 13.1 Å². The molecular weight excluding hydrogens is 399 g/mol. The van der Waals surface area contributed by atoms with Crippen LogP contribution < -0.4 is 5.32 Å². The Morgan fingerprint density at radius 2 is 2.07 bits per heavy atom. The van der Waals surface area contributed by atoms with E-state index in [1.165, 1.54) is 0 Å². The Hall–Kier alpha value is -2.77. The minimum Gasteiger partial charge on any atom is -0.343 e. The maximum atomic E-state index is 13.5. The van der Waals surface area contributed by atoms with Crippen molar-refractivity contribution in [2.24, 2.45) is 5.92 Å². The van der Waals surface area contributed by atoms with Crippen molar-refractivity contribution in [1.82, 2.24) is 15.2 Å². The van der Waals surface area contributed by atoms with Gasteiger partial charge in [0.1, 0.15) is 6.04 Å². The first-order valence-electron chi connectivity index (χ1n) is 8.76. The van der Waals surface area contributed by atoms with E-state index >= 15 is 0 Å². The summed E-state index contributed by atoms with van der Waals surface area (Å²) < 4.78 is 67.4. The standard InChI is InChI=1S/C18H19F5N4O2/c1-10(2)5-13-15(18(21,22)23)12(3-4-25-13)16(29)26-8-14(28)27-9-17(19,20)6-11(27)7-24/h3-4,10-11H,5-6,8-9H2,1-2H3,(H,26,29)/t11-/m0/s1. The van der Waals surface area contributed by atoms with Gasteiger partial charge in [0.25, 0.3) is 11.8 Å². The second-order valence-electron chi connectivity index (χ2n) is 7.19. The molecule has 29 heavy (non-hydrogen) atoms. The number of carbonyl (C=O) groups is 2. The first kappa shape index (κ1) is 22.5. The van der Waals surface area contributed by atoms with E-state index in [0.717, 1.165) is 12.3 Å². The molecule has 1 N–H and O–H groups in total. The topological polar surface area (TPSA) is 86.1 Å². The highest BCUT2D eigenvalue weighted by molar-refractivity contribution is 5.98. The highest BCUT2D eigenvalue weighted by Crippen LogP contribution is 2.35. The fourth-order valence-corrected chi connectivity index (χ4v) is 3.10. The number of hydrogen-bond acceptors (Lipinski definition) is 4. The number of amides is 2. The summed E-state index contributed by atoms with van der Waals surface area (Å²) in [6.07, 6.45) is -4.62. The summed E-state index contributed by atoms with van der Waals surface area (Å²) in [6, 6.07) is 1.10. The summed E-state index contributed by atoms with van der Waals surface area (Å²) in [5.74, 6) is -5.55. The first-order chi connectivity index (χ1) is 13.4. The molecule has 0 radical (unpaired) electrons. The third-order valence-electron chi connectivity index (χ3n) is 4.30. The van der Waals surface area contributed by atoms with Crippen LogP contribution in [0.2, 0.25) is 0 Å². The van der Waals surface area contributed by atoms with E-state index in [9.17, 15) is 31.5 Å². The fraction of sp³-hybridized carbons (Fsp3) is 0.556. The largest absolute Gasteiger partial charge is 0.418 e. The van der Waals surface area contributed by atoms with Gasteiger partial charge in [0.2, 0.25) is 5.91 Å². The molecule has 1 aliphatic rings. The van der Waals surface area contributed by atoms with Crippen molar-refractivity contribution in [3.05, 3.63) is 29.1 Å². The van der Waals surface area contributed by atoms with Crippen LogP contribution >= 0.6 is 0 Å². The van der Waals surface area contributed by atoms with Gasteiger partial charge < -0.3 is 10.2 Å². The molecule has 1 aliphatic heterocycles. The van der Waals surface area contributed by atoms with Crippen LogP contribution in [0.15, 0.2) is 12.3 Å². The monoisotopic (exact) mass is 418 g/mol. The zero-order chi connectivity index (χ0) is 22.0. The average molecular weight is 418 g/mol. The summed E-state index contributed by atoms with van der Waals surface area (Å²) in [5, 5.41) is 10.9. The lowest BCUT2D eigenvalue weighted by Crippen LogP contribution is -2.43. The lowest BCUT2D eigenvalue weighted by atomic mass is 9.98. The summed E-state index contributed by atoms with van der Waals surface area (Å²) in [6.45, 7) is 1.60. The number of halogens is 5. The molecule has 158 valence electrons. The third kappa shape index (κ3) is 5.40. The van der Waals surface area contributed by atoms with Crippen LogP contribution in [-0.4, -0.2) is 46.8 Å². The zero-order valence-corrected chi connectivity index (χ0v) is 15.7. The highest BCUT2D eigenvalue weighted by Gasteiger charge is 2.47. The SMILES string of the molecule is CC(C)Cc1nccc(C(=O)NCC(=O)N2CC(F)(F)C[C@H]2C#N)c1C(F)(F)F. The van der Waals surface area contributed by atoms with Gasteiger partial charge in [0, 0.05) is 12.6 Å². The van der Waals surface area contributed by atoms with Crippen molar-refractivity contribution < 1.29 is 31.5 Å². The Balaban J connectivity index is 2.19. The van der Waals surface area contributed by atoms with E-state index in [1.807, 2.05) is 5.32 Å². The van der Waals surface area contributed by atoms with Crippen LogP contribution in [-0.2, 0) is 17.4 Å². The van der Waals surface area contributed by atoms with Crippen molar-refractivity contribution >= 4 is 11.8 Å². The second kappa shape index (κ2) is 8.31. The number of pyridine rings is 1. The van der Waals surface area contributed by atoms with Crippen molar-refractivity contribution in [3.63, 3.8) is 0 Å². The van der Waals surface area contributed by atoms with E-state index in [0.29, 0.717) is 4.90 Å². The van der Waals surface area contributed by atoms with Crippen LogP contribution in [0, 0.1) is 17.2 Å². The molecule has 0 saturated carbocycles. The molecule has 1 aromatic heterocycles. The molecule has 1 saturated heterocycles. The van der Waals surface area contributed by atoms with Gasteiger partial charge >= 0.3 is 6.18 Å². The molecule has 1 aromatic rings. The van der Waals surface area contributed by atoms with Gasteiger partial charge in [-0.2, -0.15) is 18.4 Å². The number of likely N-dealkylation sites (tertiary alicyclic amines) is 1. The van der Waals surface area contributed by atoms with E-state index in [4.69, 9.17) is 5.26 Å². The lowest BCUT2D eigenvalue weighted by Gasteiger charge is -2.20. The smallest absolute Gasteiger partial charge is 0.343 e. The lowest BCUT2D eigenvalue weighted by molar-refractivity contribution is -0.138. The van der Waals surface area contributed by atoms with Gasteiger partial charge in [-0.25, -0.2) is 8.78 Å². The Labute approximate surface area is 163 Å². The van der Waals surface area contributed by atoms with Crippen molar-refractivity contribution in [1.29, 1.82) is 5.26 Å². The number of alkyl halides is 5. The Kier molecular flexibility index (Phi) is 6.45. The highest BCUT2D eigenvalue weighted by atomic mass is 19.4. The van der Waals surface area contributed by atoms with Gasteiger partial charge in [-0.05, 0) is 18.4 Å². The minimum atomic E-state index is -4.85. The van der Waals surface area contributed by atoms with Gasteiger partial charge in [0.15, 0.2) is 0 Å². The molecule has 0 bridgehead atoms. The van der Waals surface area contributed by atoms with Crippen molar-refractivity contribution in [3.8, 4) is 6.07 Å². The van der Waals surface area contributed by atoms with Gasteiger partial charge in [0.05, 0.1) is 36.0 Å². The normalized spacial score (nSPS) is 18.6. The number of nitrogens with zero attached hydrogens (tertiary/aromatic N) is 3. The Morgan fingerprint density at radius 1 is 1.41 bits per heavy atom. The van der Waals surface area contributed by atoms with Crippen LogP contribution in [0.4, 0.5) is 22.0 Å². The molecule has 0 aromatic carbocycles. The maximum Gasteiger partial charge on any atom is 0.418 e. The number of nitriles is 1. The van der Waals surface area contributed by atoms with E-state index in [2.05, 4.69) is 4.98 Å². The molecule has 6 nitrogen and oxygen atoms in total. The molecule has 1 atom stereocenters. The summed E-state index contributed by atoms with van der Waals surface area (Å²) in [5.41, 5.74) is -2.20. The first-order valence-corrected chi connectivity index (χ1v) is 8.76.